The number of rotatable bonds is 7. The Hall–Kier alpha value is -2.24. The molecule has 1 aliphatic heterocycles. The molecule has 3 rings (SSSR count). The van der Waals surface area contributed by atoms with Gasteiger partial charge in [-0.2, -0.15) is 0 Å². The first-order valence-corrected chi connectivity index (χ1v) is 8.58. The molecule has 1 heterocycles. The molecule has 0 unspecified atom stereocenters. The lowest BCUT2D eigenvalue weighted by Crippen LogP contribution is -2.84. The maximum Gasteiger partial charge on any atom is 0.181 e. The minimum absolute atomic E-state index is 0.0716. The minimum atomic E-state index is 0.0716. The summed E-state index contributed by atoms with van der Waals surface area (Å²) in [5, 5.41) is 7.21. The number of halogens is 1. The Morgan fingerprint density at radius 1 is 1.16 bits per heavy atom. The van der Waals surface area contributed by atoms with Crippen molar-refractivity contribution in [3.63, 3.8) is 0 Å². The molecule has 25 heavy (non-hydrogen) atoms. The predicted molar refractivity (Wildman–Crippen MR) is 97.5 cm³/mol. The number of hydrogen-bond acceptors (Lipinski definition) is 4. The molecule has 0 aromatic heterocycles. The van der Waals surface area contributed by atoms with Gasteiger partial charge in [-0.1, -0.05) is 28.9 Å². The van der Waals surface area contributed by atoms with E-state index < -0.39 is 0 Å². The highest BCUT2D eigenvalue weighted by molar-refractivity contribution is 6.30. The van der Waals surface area contributed by atoms with Crippen molar-refractivity contribution in [2.75, 3.05) is 20.8 Å². The van der Waals surface area contributed by atoms with Crippen LogP contribution >= 0.6 is 11.6 Å². The van der Waals surface area contributed by atoms with Gasteiger partial charge in [0.05, 0.1) is 19.9 Å². The number of oxime groups is 1. The summed E-state index contributed by atoms with van der Waals surface area (Å²) >= 11 is 6.01. The van der Waals surface area contributed by atoms with Crippen LogP contribution in [-0.4, -0.2) is 32.6 Å². The summed E-state index contributed by atoms with van der Waals surface area (Å²) in [7, 11) is 3.25. The molecule has 6 heteroatoms. The predicted octanol–water partition coefficient (Wildman–Crippen LogP) is 2.61. The Kier molecular flexibility index (Phi) is 5.79. The van der Waals surface area contributed by atoms with Crippen molar-refractivity contribution >= 4 is 17.3 Å². The number of nitrogens with zero attached hydrogens (tertiary/aromatic N) is 1. The molecule has 0 saturated heterocycles. The third-order valence-electron chi connectivity index (χ3n) is 4.15. The van der Waals surface area contributed by atoms with Crippen molar-refractivity contribution in [1.29, 1.82) is 0 Å². The van der Waals surface area contributed by atoms with Crippen LogP contribution in [0.2, 0.25) is 5.02 Å². The maximum absolute atomic E-state index is 6.01. The second-order valence-electron chi connectivity index (χ2n) is 5.90. The van der Waals surface area contributed by atoms with E-state index in [0.29, 0.717) is 11.5 Å². The Balaban J connectivity index is 1.53. The SMILES string of the molecule is COc1ccc(C2=NO[C@@H](C[NH2+]Cc3cccc(Cl)c3)C2)cc1OC. The number of nitrogens with two attached hydrogens (primary N) is 1. The van der Waals surface area contributed by atoms with E-state index in [1.807, 2.05) is 36.4 Å². The molecule has 5 nitrogen and oxygen atoms in total. The summed E-state index contributed by atoms with van der Waals surface area (Å²) in [4.78, 5) is 5.57. The van der Waals surface area contributed by atoms with Crippen molar-refractivity contribution in [1.82, 2.24) is 0 Å². The van der Waals surface area contributed by atoms with Gasteiger partial charge >= 0.3 is 0 Å². The van der Waals surface area contributed by atoms with Crippen molar-refractivity contribution in [3.05, 3.63) is 58.6 Å². The third kappa shape index (κ3) is 4.44. The van der Waals surface area contributed by atoms with E-state index in [0.717, 1.165) is 35.8 Å². The molecule has 0 fully saturated rings. The topological polar surface area (TPSA) is 56.7 Å². The summed E-state index contributed by atoms with van der Waals surface area (Å²) in [5.74, 6) is 1.40. The average Bonchev–Trinajstić information content (AvgIpc) is 3.10. The van der Waals surface area contributed by atoms with E-state index in [-0.39, 0.29) is 6.10 Å². The maximum atomic E-state index is 6.01. The standard InChI is InChI=1S/C19H21ClN2O3/c1-23-18-7-6-14(9-19(18)24-2)17-10-16(25-22-17)12-21-11-13-4-3-5-15(20)8-13/h3-9,16,21H,10-12H2,1-2H3/p+1/t16-/m1/s1. The quantitative estimate of drug-likeness (QED) is 0.824. The van der Waals surface area contributed by atoms with Crippen molar-refractivity contribution < 1.29 is 19.6 Å². The van der Waals surface area contributed by atoms with Crippen LogP contribution in [0.15, 0.2) is 47.6 Å². The number of ether oxygens (including phenoxy) is 2. The Labute approximate surface area is 152 Å². The molecule has 0 aliphatic carbocycles. The van der Waals surface area contributed by atoms with E-state index in [2.05, 4.69) is 16.5 Å². The Morgan fingerprint density at radius 2 is 2.00 bits per heavy atom. The van der Waals surface area contributed by atoms with Crippen LogP contribution in [0.3, 0.4) is 0 Å². The average molecular weight is 362 g/mol. The highest BCUT2D eigenvalue weighted by Gasteiger charge is 2.24. The smallest absolute Gasteiger partial charge is 0.181 e. The van der Waals surface area contributed by atoms with Crippen molar-refractivity contribution in [2.24, 2.45) is 5.16 Å². The Bertz CT molecular complexity index is 764. The van der Waals surface area contributed by atoms with Crippen LogP contribution in [0.5, 0.6) is 11.5 Å². The molecule has 0 saturated carbocycles. The van der Waals surface area contributed by atoms with Crippen LogP contribution in [0.4, 0.5) is 0 Å². The van der Waals surface area contributed by atoms with Gasteiger partial charge in [0, 0.05) is 22.6 Å². The molecule has 1 aliphatic rings. The molecule has 0 spiro atoms. The zero-order chi connectivity index (χ0) is 17.6. The van der Waals surface area contributed by atoms with Crippen LogP contribution in [0, 0.1) is 0 Å². The molecule has 132 valence electrons. The van der Waals surface area contributed by atoms with Gasteiger partial charge < -0.3 is 19.6 Å². The van der Waals surface area contributed by atoms with Gasteiger partial charge in [0.2, 0.25) is 0 Å². The van der Waals surface area contributed by atoms with E-state index in [4.69, 9.17) is 25.9 Å². The molecular weight excluding hydrogens is 340 g/mol. The summed E-state index contributed by atoms with van der Waals surface area (Å²) in [6, 6.07) is 13.7. The monoisotopic (exact) mass is 361 g/mol. The van der Waals surface area contributed by atoms with E-state index >= 15 is 0 Å². The minimum Gasteiger partial charge on any atom is -0.493 e. The van der Waals surface area contributed by atoms with Gasteiger partial charge in [0.25, 0.3) is 0 Å². The zero-order valence-electron chi connectivity index (χ0n) is 14.4. The van der Waals surface area contributed by atoms with Crippen LogP contribution in [-0.2, 0) is 11.4 Å². The van der Waals surface area contributed by atoms with E-state index in [9.17, 15) is 0 Å². The first kappa shape index (κ1) is 17.6. The van der Waals surface area contributed by atoms with Gasteiger partial charge in [-0.25, -0.2) is 0 Å². The van der Waals surface area contributed by atoms with Crippen molar-refractivity contribution in [3.8, 4) is 11.5 Å². The molecule has 1 atom stereocenters. The number of hydrogen-bond donors (Lipinski definition) is 1. The summed E-state index contributed by atoms with van der Waals surface area (Å²) < 4.78 is 10.6. The summed E-state index contributed by atoms with van der Waals surface area (Å²) in [6.07, 6.45) is 0.851. The van der Waals surface area contributed by atoms with Gasteiger partial charge in [-0.15, -0.1) is 0 Å². The number of methoxy groups -OCH3 is 2. The number of quaternary nitrogens is 1. The molecule has 2 aromatic carbocycles. The highest BCUT2D eigenvalue weighted by Crippen LogP contribution is 2.29. The molecule has 0 bridgehead atoms. The second kappa shape index (κ2) is 8.23. The fourth-order valence-corrected chi connectivity index (χ4v) is 3.05. The molecule has 2 N–H and O–H groups in total. The van der Waals surface area contributed by atoms with E-state index in [1.54, 1.807) is 14.2 Å². The fourth-order valence-electron chi connectivity index (χ4n) is 2.84. The van der Waals surface area contributed by atoms with Gasteiger partial charge in [-0.3, -0.25) is 0 Å². The van der Waals surface area contributed by atoms with Crippen LogP contribution < -0.4 is 14.8 Å². The molecule has 2 aromatic rings. The summed E-state index contributed by atoms with van der Waals surface area (Å²) in [5.41, 5.74) is 3.13. The molecular formula is C19H22ClN2O3+. The first-order valence-electron chi connectivity index (χ1n) is 8.21. The van der Waals surface area contributed by atoms with Crippen LogP contribution in [0.25, 0.3) is 0 Å². The lowest BCUT2D eigenvalue weighted by Gasteiger charge is -2.09. The molecule has 0 radical (unpaired) electrons. The fraction of sp³-hybridized carbons (Fsp3) is 0.316. The highest BCUT2D eigenvalue weighted by atomic mass is 35.5. The Morgan fingerprint density at radius 3 is 2.76 bits per heavy atom. The van der Waals surface area contributed by atoms with Gasteiger partial charge in [-0.05, 0) is 30.3 Å². The second-order valence-corrected chi connectivity index (χ2v) is 6.33. The van der Waals surface area contributed by atoms with Crippen molar-refractivity contribution in [2.45, 2.75) is 19.1 Å². The van der Waals surface area contributed by atoms with Gasteiger partial charge in [0.1, 0.15) is 13.1 Å². The van der Waals surface area contributed by atoms with Gasteiger partial charge in [0.15, 0.2) is 17.6 Å². The largest absolute Gasteiger partial charge is 0.493 e. The lowest BCUT2D eigenvalue weighted by molar-refractivity contribution is -0.676. The number of benzene rings is 2. The first-order chi connectivity index (χ1) is 12.2. The normalized spacial score (nSPS) is 16.3. The summed E-state index contributed by atoms with van der Waals surface area (Å²) in [6.45, 7) is 1.71. The third-order valence-corrected chi connectivity index (χ3v) is 4.38. The zero-order valence-corrected chi connectivity index (χ0v) is 15.1. The molecule has 0 amide bonds. The van der Waals surface area contributed by atoms with E-state index in [1.165, 1.54) is 5.56 Å². The van der Waals surface area contributed by atoms with Crippen LogP contribution in [0.1, 0.15) is 17.5 Å². The lowest BCUT2D eigenvalue weighted by atomic mass is 10.0.